The molecule has 0 aliphatic carbocycles. The molecule has 2 heterocycles. The van der Waals surface area contributed by atoms with Crippen molar-refractivity contribution in [2.75, 3.05) is 13.1 Å². The number of hydrogen-bond donors (Lipinski definition) is 1. The van der Waals surface area contributed by atoms with Crippen LogP contribution in [-0.2, 0) is 11.2 Å². The Hall–Kier alpha value is -1.42. The third-order valence-corrected chi connectivity index (χ3v) is 3.82. The van der Waals surface area contributed by atoms with Gasteiger partial charge in [-0.2, -0.15) is 0 Å². The third kappa shape index (κ3) is 2.70. The highest BCUT2D eigenvalue weighted by Gasteiger charge is 2.35. The molecule has 1 fully saturated rings. The molecule has 1 unspecified atom stereocenters. The van der Waals surface area contributed by atoms with Crippen molar-refractivity contribution in [3.05, 3.63) is 30.1 Å². The van der Waals surface area contributed by atoms with Gasteiger partial charge >= 0.3 is 0 Å². The van der Waals surface area contributed by atoms with Gasteiger partial charge in [0.2, 0.25) is 5.91 Å². The lowest BCUT2D eigenvalue weighted by Crippen LogP contribution is -2.57. The Balaban J connectivity index is 2.08. The fraction of sp³-hybridized carbons (Fsp3) is 0.571. The minimum Gasteiger partial charge on any atom is -0.336 e. The summed E-state index contributed by atoms with van der Waals surface area (Å²) in [7, 11) is 0. The van der Waals surface area contributed by atoms with Gasteiger partial charge in [0.05, 0.1) is 12.0 Å². The predicted molar refractivity (Wildman–Crippen MR) is 71.0 cm³/mol. The molecule has 0 saturated carbocycles. The number of piperidine rings is 1. The Morgan fingerprint density at radius 2 is 2.39 bits per heavy atom. The number of hydrogen-bond acceptors (Lipinski definition) is 3. The summed E-state index contributed by atoms with van der Waals surface area (Å²) < 4.78 is 0. The van der Waals surface area contributed by atoms with E-state index in [4.69, 9.17) is 5.73 Å². The second-order valence-corrected chi connectivity index (χ2v) is 5.24. The van der Waals surface area contributed by atoms with Crippen LogP contribution in [0, 0.1) is 0 Å². The van der Waals surface area contributed by atoms with E-state index in [0.29, 0.717) is 13.0 Å². The summed E-state index contributed by atoms with van der Waals surface area (Å²) in [6, 6.07) is 3.80. The van der Waals surface area contributed by atoms with Gasteiger partial charge in [-0.3, -0.25) is 9.78 Å². The number of amides is 1. The SMILES string of the molecule is CC1(CN)CCCCN1C(=O)Cc1cccnc1. The quantitative estimate of drug-likeness (QED) is 0.877. The van der Waals surface area contributed by atoms with E-state index in [2.05, 4.69) is 11.9 Å². The van der Waals surface area contributed by atoms with Crippen molar-refractivity contribution in [2.24, 2.45) is 5.73 Å². The molecule has 1 aromatic heterocycles. The first-order valence-corrected chi connectivity index (χ1v) is 6.55. The van der Waals surface area contributed by atoms with Crippen LogP contribution in [0.2, 0.25) is 0 Å². The number of rotatable bonds is 3. The zero-order valence-corrected chi connectivity index (χ0v) is 10.9. The van der Waals surface area contributed by atoms with Crippen LogP contribution in [0.1, 0.15) is 31.7 Å². The van der Waals surface area contributed by atoms with E-state index in [1.165, 1.54) is 0 Å². The first kappa shape index (κ1) is 13.0. The van der Waals surface area contributed by atoms with Gasteiger partial charge in [-0.15, -0.1) is 0 Å². The second kappa shape index (κ2) is 5.48. The summed E-state index contributed by atoms with van der Waals surface area (Å²) in [5.41, 5.74) is 6.65. The van der Waals surface area contributed by atoms with E-state index in [1.54, 1.807) is 12.4 Å². The van der Waals surface area contributed by atoms with Crippen LogP contribution in [0.25, 0.3) is 0 Å². The van der Waals surface area contributed by atoms with E-state index < -0.39 is 0 Å². The van der Waals surface area contributed by atoms with Crippen molar-refractivity contribution in [3.8, 4) is 0 Å². The molecular weight excluding hydrogens is 226 g/mol. The topological polar surface area (TPSA) is 59.2 Å². The normalized spacial score (nSPS) is 24.0. The fourth-order valence-corrected chi connectivity index (χ4v) is 2.59. The van der Waals surface area contributed by atoms with Crippen LogP contribution >= 0.6 is 0 Å². The maximum absolute atomic E-state index is 12.4. The van der Waals surface area contributed by atoms with Crippen molar-refractivity contribution in [2.45, 2.75) is 38.1 Å². The number of pyridine rings is 1. The van der Waals surface area contributed by atoms with E-state index in [1.807, 2.05) is 17.0 Å². The Kier molecular flexibility index (Phi) is 3.97. The lowest BCUT2D eigenvalue weighted by molar-refractivity contribution is -0.138. The molecule has 1 amide bonds. The standard InChI is InChI=1S/C14H21N3O/c1-14(11-15)6-2-3-8-17(14)13(18)9-12-5-4-7-16-10-12/h4-5,7,10H,2-3,6,8-9,11,15H2,1H3. The minimum absolute atomic E-state index is 0.163. The summed E-state index contributed by atoms with van der Waals surface area (Å²) in [4.78, 5) is 18.4. The van der Waals surface area contributed by atoms with Crippen LogP contribution in [0.5, 0.6) is 0 Å². The molecule has 1 aliphatic rings. The van der Waals surface area contributed by atoms with Gasteiger partial charge in [-0.05, 0) is 37.8 Å². The van der Waals surface area contributed by atoms with Gasteiger partial charge in [-0.1, -0.05) is 6.07 Å². The first-order chi connectivity index (χ1) is 8.65. The molecule has 2 N–H and O–H groups in total. The van der Waals surface area contributed by atoms with E-state index in [9.17, 15) is 4.79 Å². The number of nitrogens with zero attached hydrogens (tertiary/aromatic N) is 2. The fourth-order valence-electron chi connectivity index (χ4n) is 2.59. The number of likely N-dealkylation sites (tertiary alicyclic amines) is 1. The van der Waals surface area contributed by atoms with Crippen molar-refractivity contribution >= 4 is 5.91 Å². The van der Waals surface area contributed by atoms with Crippen molar-refractivity contribution < 1.29 is 4.79 Å². The molecule has 0 aromatic carbocycles. The average Bonchev–Trinajstić information content (AvgIpc) is 2.40. The predicted octanol–water partition coefficient (Wildman–Crippen LogP) is 1.35. The molecule has 1 aromatic rings. The summed E-state index contributed by atoms with van der Waals surface area (Å²) >= 11 is 0. The smallest absolute Gasteiger partial charge is 0.227 e. The van der Waals surface area contributed by atoms with Gasteiger partial charge < -0.3 is 10.6 Å². The monoisotopic (exact) mass is 247 g/mol. The van der Waals surface area contributed by atoms with E-state index in [0.717, 1.165) is 31.4 Å². The molecule has 2 rings (SSSR count). The zero-order valence-electron chi connectivity index (χ0n) is 10.9. The van der Waals surface area contributed by atoms with Crippen LogP contribution < -0.4 is 5.73 Å². The molecule has 0 radical (unpaired) electrons. The molecule has 4 heteroatoms. The minimum atomic E-state index is -0.169. The third-order valence-electron chi connectivity index (χ3n) is 3.82. The Morgan fingerprint density at radius 3 is 3.06 bits per heavy atom. The van der Waals surface area contributed by atoms with Gasteiger partial charge in [0.25, 0.3) is 0 Å². The van der Waals surface area contributed by atoms with Crippen LogP contribution in [-0.4, -0.2) is 34.4 Å². The number of aromatic nitrogens is 1. The molecule has 4 nitrogen and oxygen atoms in total. The number of nitrogens with two attached hydrogens (primary N) is 1. The van der Waals surface area contributed by atoms with Gasteiger partial charge in [0.15, 0.2) is 0 Å². The van der Waals surface area contributed by atoms with E-state index in [-0.39, 0.29) is 11.4 Å². The summed E-state index contributed by atoms with van der Waals surface area (Å²) in [5, 5.41) is 0. The molecule has 0 spiro atoms. The Labute approximate surface area is 108 Å². The Morgan fingerprint density at radius 1 is 1.56 bits per heavy atom. The molecule has 18 heavy (non-hydrogen) atoms. The van der Waals surface area contributed by atoms with Crippen molar-refractivity contribution in [3.63, 3.8) is 0 Å². The highest BCUT2D eigenvalue weighted by atomic mass is 16.2. The van der Waals surface area contributed by atoms with Crippen LogP contribution in [0.4, 0.5) is 0 Å². The molecule has 98 valence electrons. The molecule has 1 aliphatic heterocycles. The largest absolute Gasteiger partial charge is 0.336 e. The molecule has 1 atom stereocenters. The highest BCUT2D eigenvalue weighted by Crippen LogP contribution is 2.27. The lowest BCUT2D eigenvalue weighted by atomic mass is 9.88. The molecular formula is C14H21N3O. The average molecular weight is 247 g/mol. The van der Waals surface area contributed by atoms with Crippen LogP contribution in [0.3, 0.4) is 0 Å². The number of carbonyl (C=O) groups excluding carboxylic acids is 1. The lowest BCUT2D eigenvalue weighted by Gasteiger charge is -2.44. The van der Waals surface area contributed by atoms with Crippen LogP contribution in [0.15, 0.2) is 24.5 Å². The van der Waals surface area contributed by atoms with Gasteiger partial charge in [-0.25, -0.2) is 0 Å². The van der Waals surface area contributed by atoms with Gasteiger partial charge in [0.1, 0.15) is 0 Å². The summed E-state index contributed by atoms with van der Waals surface area (Å²) in [6.07, 6.45) is 7.13. The number of carbonyl (C=O) groups is 1. The van der Waals surface area contributed by atoms with Gasteiger partial charge in [0, 0.05) is 25.5 Å². The maximum Gasteiger partial charge on any atom is 0.227 e. The molecule has 0 bridgehead atoms. The second-order valence-electron chi connectivity index (χ2n) is 5.24. The first-order valence-electron chi connectivity index (χ1n) is 6.55. The van der Waals surface area contributed by atoms with Crippen molar-refractivity contribution in [1.29, 1.82) is 0 Å². The Bertz CT molecular complexity index is 407. The zero-order chi connectivity index (χ0) is 13.0. The van der Waals surface area contributed by atoms with Crippen molar-refractivity contribution in [1.82, 2.24) is 9.88 Å². The summed E-state index contributed by atoms with van der Waals surface area (Å²) in [6.45, 7) is 3.45. The van der Waals surface area contributed by atoms with E-state index >= 15 is 0 Å². The molecule has 1 saturated heterocycles. The highest BCUT2D eigenvalue weighted by molar-refractivity contribution is 5.79. The summed E-state index contributed by atoms with van der Waals surface area (Å²) in [5.74, 6) is 0.163. The maximum atomic E-state index is 12.4.